The van der Waals surface area contributed by atoms with E-state index in [2.05, 4.69) is 18.7 Å². The number of carboxylic acid groups (broad SMARTS) is 1. The summed E-state index contributed by atoms with van der Waals surface area (Å²) in [6, 6.07) is 0.485. The summed E-state index contributed by atoms with van der Waals surface area (Å²) in [5, 5.41) is 9.60. The molecule has 0 spiro atoms. The van der Waals surface area contributed by atoms with Crippen molar-refractivity contribution in [2.24, 2.45) is 11.3 Å². The van der Waals surface area contributed by atoms with Crippen molar-refractivity contribution in [3.8, 4) is 0 Å². The Morgan fingerprint density at radius 2 is 1.89 bits per heavy atom. The lowest BCUT2D eigenvalue weighted by atomic mass is 9.76. The van der Waals surface area contributed by atoms with Gasteiger partial charge in [-0.1, -0.05) is 13.8 Å². The number of carbonyl (C=O) groups is 1. The van der Waals surface area contributed by atoms with Crippen LogP contribution in [0.3, 0.4) is 0 Å². The highest BCUT2D eigenvalue weighted by Crippen LogP contribution is 2.40. The van der Waals surface area contributed by atoms with E-state index in [0.29, 0.717) is 12.6 Å². The number of hydrogen-bond donors (Lipinski definition) is 1. The van der Waals surface area contributed by atoms with Crippen molar-refractivity contribution in [1.82, 2.24) is 4.90 Å². The van der Waals surface area contributed by atoms with Crippen LogP contribution >= 0.6 is 0 Å². The van der Waals surface area contributed by atoms with Crippen molar-refractivity contribution in [1.29, 1.82) is 0 Å². The molecule has 0 aromatic rings. The number of hydrogen-bond acceptors (Lipinski definition) is 3. The molecule has 2 aliphatic rings. The van der Waals surface area contributed by atoms with E-state index in [1.165, 1.54) is 0 Å². The molecule has 0 aliphatic carbocycles. The molecule has 0 saturated carbocycles. The Balaban J connectivity index is 2.06. The van der Waals surface area contributed by atoms with E-state index in [-0.39, 0.29) is 18.1 Å². The molecule has 0 amide bonds. The van der Waals surface area contributed by atoms with E-state index >= 15 is 0 Å². The molecule has 19 heavy (non-hydrogen) atoms. The first-order valence-electron chi connectivity index (χ1n) is 7.48. The van der Waals surface area contributed by atoms with Gasteiger partial charge in [0.05, 0.1) is 17.6 Å². The van der Waals surface area contributed by atoms with Gasteiger partial charge in [-0.2, -0.15) is 0 Å². The smallest absolute Gasteiger partial charge is 0.311 e. The van der Waals surface area contributed by atoms with Crippen LogP contribution in [0.15, 0.2) is 0 Å². The molecule has 0 aromatic heterocycles. The first kappa shape index (κ1) is 14.8. The summed E-state index contributed by atoms with van der Waals surface area (Å²) in [6.45, 7) is 9.91. The molecule has 2 aliphatic heterocycles. The second-order valence-corrected chi connectivity index (χ2v) is 6.72. The minimum absolute atomic E-state index is 0.185. The molecular formula is C15H27NO3. The molecule has 2 fully saturated rings. The molecule has 0 aromatic carbocycles. The van der Waals surface area contributed by atoms with Crippen LogP contribution in [0.25, 0.3) is 0 Å². The van der Waals surface area contributed by atoms with E-state index < -0.39 is 11.4 Å². The average molecular weight is 269 g/mol. The largest absolute Gasteiger partial charge is 0.481 e. The van der Waals surface area contributed by atoms with Gasteiger partial charge >= 0.3 is 5.97 Å². The second kappa shape index (κ2) is 5.41. The molecule has 2 rings (SSSR count). The maximum absolute atomic E-state index is 11.7. The van der Waals surface area contributed by atoms with Crippen molar-refractivity contribution in [3.63, 3.8) is 0 Å². The van der Waals surface area contributed by atoms with Crippen LogP contribution in [-0.4, -0.2) is 47.3 Å². The van der Waals surface area contributed by atoms with Gasteiger partial charge < -0.3 is 9.84 Å². The topological polar surface area (TPSA) is 49.8 Å². The van der Waals surface area contributed by atoms with Gasteiger partial charge in [0.2, 0.25) is 0 Å². The maximum atomic E-state index is 11.7. The summed E-state index contributed by atoms with van der Waals surface area (Å²) in [5.41, 5.74) is -0.551. The number of aliphatic carboxylic acids is 1. The zero-order chi connectivity index (χ0) is 14.2. The predicted molar refractivity (Wildman–Crippen MR) is 74.1 cm³/mol. The van der Waals surface area contributed by atoms with Crippen LogP contribution in [0.2, 0.25) is 0 Å². The van der Waals surface area contributed by atoms with E-state index in [9.17, 15) is 9.90 Å². The van der Waals surface area contributed by atoms with Crippen molar-refractivity contribution >= 4 is 5.97 Å². The fourth-order valence-electron chi connectivity index (χ4n) is 3.74. The predicted octanol–water partition coefficient (Wildman–Crippen LogP) is 2.38. The number of ether oxygens (including phenoxy) is 1. The monoisotopic (exact) mass is 269 g/mol. The molecule has 4 heteroatoms. The highest BCUT2D eigenvalue weighted by molar-refractivity contribution is 5.75. The fourth-order valence-corrected chi connectivity index (χ4v) is 3.74. The standard InChI is InChI=1S/C15H27NO3/c1-10(2)15(14(17)18)5-6-16(9-15)13-7-11(3)19-12(4)8-13/h10-13H,5-9H2,1-4H3,(H,17,18). The van der Waals surface area contributed by atoms with Gasteiger partial charge in [0, 0.05) is 12.6 Å². The third-order valence-corrected chi connectivity index (χ3v) is 5.05. The van der Waals surface area contributed by atoms with E-state index in [1.807, 2.05) is 13.8 Å². The third-order valence-electron chi connectivity index (χ3n) is 5.05. The van der Waals surface area contributed by atoms with Crippen LogP contribution in [0, 0.1) is 11.3 Å². The molecule has 3 unspecified atom stereocenters. The Morgan fingerprint density at radius 3 is 2.32 bits per heavy atom. The summed E-state index contributed by atoms with van der Waals surface area (Å²) in [6.07, 6.45) is 3.40. The molecule has 0 bridgehead atoms. The molecule has 2 heterocycles. The zero-order valence-electron chi connectivity index (χ0n) is 12.6. The minimum Gasteiger partial charge on any atom is -0.481 e. The van der Waals surface area contributed by atoms with Crippen LogP contribution in [0.4, 0.5) is 0 Å². The molecule has 0 radical (unpaired) electrons. The molecule has 110 valence electrons. The summed E-state index contributed by atoms with van der Waals surface area (Å²) < 4.78 is 5.78. The SMILES string of the molecule is CC1CC(N2CCC(C(=O)O)(C(C)C)C2)CC(C)O1. The quantitative estimate of drug-likeness (QED) is 0.854. The van der Waals surface area contributed by atoms with Gasteiger partial charge in [0.15, 0.2) is 0 Å². The van der Waals surface area contributed by atoms with E-state index in [4.69, 9.17) is 4.74 Å². The van der Waals surface area contributed by atoms with Gasteiger partial charge in [-0.25, -0.2) is 0 Å². The Labute approximate surface area is 116 Å². The normalized spacial score (nSPS) is 40.8. The van der Waals surface area contributed by atoms with Crippen LogP contribution in [-0.2, 0) is 9.53 Å². The van der Waals surface area contributed by atoms with Crippen LogP contribution < -0.4 is 0 Å². The number of carboxylic acids is 1. The Morgan fingerprint density at radius 1 is 1.32 bits per heavy atom. The lowest BCUT2D eigenvalue weighted by Gasteiger charge is -2.38. The van der Waals surface area contributed by atoms with Crippen molar-refractivity contribution in [3.05, 3.63) is 0 Å². The Kier molecular flexibility index (Phi) is 4.21. The van der Waals surface area contributed by atoms with Gasteiger partial charge in [0.25, 0.3) is 0 Å². The minimum atomic E-state index is -0.627. The Bertz CT molecular complexity index is 334. The Hall–Kier alpha value is -0.610. The third kappa shape index (κ3) is 2.79. The van der Waals surface area contributed by atoms with Crippen LogP contribution in [0.5, 0.6) is 0 Å². The molecular weight excluding hydrogens is 242 g/mol. The number of rotatable bonds is 3. The molecule has 3 atom stereocenters. The van der Waals surface area contributed by atoms with Gasteiger partial charge in [-0.3, -0.25) is 9.69 Å². The highest BCUT2D eigenvalue weighted by atomic mass is 16.5. The summed E-state index contributed by atoms with van der Waals surface area (Å²) in [4.78, 5) is 14.1. The lowest BCUT2D eigenvalue weighted by molar-refractivity contribution is -0.151. The fraction of sp³-hybridized carbons (Fsp3) is 0.933. The highest BCUT2D eigenvalue weighted by Gasteiger charge is 2.49. The van der Waals surface area contributed by atoms with Crippen molar-refractivity contribution in [2.75, 3.05) is 13.1 Å². The van der Waals surface area contributed by atoms with Crippen molar-refractivity contribution < 1.29 is 14.6 Å². The van der Waals surface area contributed by atoms with Gasteiger partial charge in [-0.05, 0) is 45.6 Å². The molecule has 2 saturated heterocycles. The summed E-state index contributed by atoms with van der Waals surface area (Å²) in [7, 11) is 0. The van der Waals surface area contributed by atoms with E-state index in [0.717, 1.165) is 25.8 Å². The molecule has 1 N–H and O–H groups in total. The number of nitrogens with zero attached hydrogens (tertiary/aromatic N) is 1. The first-order valence-corrected chi connectivity index (χ1v) is 7.48. The lowest BCUT2D eigenvalue weighted by Crippen LogP contribution is -2.46. The summed E-state index contributed by atoms with van der Waals surface area (Å²) in [5.74, 6) is -0.442. The first-order chi connectivity index (χ1) is 8.85. The van der Waals surface area contributed by atoms with E-state index in [1.54, 1.807) is 0 Å². The number of likely N-dealkylation sites (tertiary alicyclic amines) is 1. The average Bonchev–Trinajstić information content (AvgIpc) is 2.73. The summed E-state index contributed by atoms with van der Waals surface area (Å²) >= 11 is 0. The second-order valence-electron chi connectivity index (χ2n) is 6.72. The van der Waals surface area contributed by atoms with Gasteiger partial charge in [-0.15, -0.1) is 0 Å². The zero-order valence-corrected chi connectivity index (χ0v) is 12.6. The van der Waals surface area contributed by atoms with Crippen molar-refractivity contribution in [2.45, 2.75) is 65.2 Å². The van der Waals surface area contributed by atoms with Gasteiger partial charge in [0.1, 0.15) is 0 Å². The maximum Gasteiger partial charge on any atom is 0.311 e. The molecule has 4 nitrogen and oxygen atoms in total. The van der Waals surface area contributed by atoms with Crippen LogP contribution in [0.1, 0.15) is 47.0 Å².